The number of carbonyl (C=O) groups excluding carboxylic acids is 1. The molecule has 2 atom stereocenters. The number of hydrogen-bond donors (Lipinski definition) is 0. The fourth-order valence-electron chi connectivity index (χ4n) is 2.51. The maximum Gasteiger partial charge on any atom is 0.165 e. The standard InChI is InChI=1S/C18H26ClNOS/c1-3-4-5-6-11-22-15-7-8-16(17(19)12-15)18(21)9-10-20-13-14(20)2/h7-8,12,14H,3-6,9-11,13H2,1-2H3. The lowest BCUT2D eigenvalue weighted by Crippen LogP contribution is -2.09. The van der Waals surface area contributed by atoms with Gasteiger partial charge in [-0.2, -0.15) is 0 Å². The highest BCUT2D eigenvalue weighted by atomic mass is 35.5. The molecule has 122 valence electrons. The third-order valence-electron chi connectivity index (χ3n) is 4.12. The Kier molecular flexibility index (Phi) is 7.26. The second-order valence-corrected chi connectivity index (χ2v) is 7.64. The minimum absolute atomic E-state index is 0.156. The van der Waals surface area contributed by atoms with Crippen molar-refractivity contribution in [2.24, 2.45) is 0 Å². The molecule has 1 aromatic rings. The molecule has 22 heavy (non-hydrogen) atoms. The zero-order chi connectivity index (χ0) is 15.9. The predicted molar refractivity (Wildman–Crippen MR) is 96.3 cm³/mol. The predicted octanol–water partition coefficient (Wildman–Crippen LogP) is 5.29. The number of nitrogens with zero attached hydrogens (tertiary/aromatic N) is 1. The first kappa shape index (κ1) is 17.8. The topological polar surface area (TPSA) is 20.1 Å². The third kappa shape index (κ3) is 5.60. The average molecular weight is 340 g/mol. The Morgan fingerprint density at radius 1 is 1.36 bits per heavy atom. The van der Waals surface area contributed by atoms with Gasteiger partial charge in [0.2, 0.25) is 0 Å². The summed E-state index contributed by atoms with van der Waals surface area (Å²) in [6.45, 7) is 6.38. The number of halogens is 1. The summed E-state index contributed by atoms with van der Waals surface area (Å²) in [6, 6.07) is 6.52. The Morgan fingerprint density at radius 2 is 2.14 bits per heavy atom. The van der Waals surface area contributed by atoms with Crippen molar-refractivity contribution in [2.75, 3.05) is 18.8 Å². The number of benzene rings is 1. The zero-order valence-electron chi connectivity index (χ0n) is 13.6. The summed E-state index contributed by atoms with van der Waals surface area (Å²) in [5.41, 5.74) is 0.673. The first-order valence-electron chi connectivity index (χ1n) is 8.31. The number of carbonyl (C=O) groups is 1. The van der Waals surface area contributed by atoms with Crippen LogP contribution in [0.2, 0.25) is 5.02 Å². The number of Topliss-reactive ketones (excluding diaryl/α,β-unsaturated/α-hetero) is 1. The molecule has 1 heterocycles. The Morgan fingerprint density at radius 3 is 2.77 bits per heavy atom. The quantitative estimate of drug-likeness (QED) is 0.250. The maximum absolute atomic E-state index is 12.2. The summed E-state index contributed by atoms with van der Waals surface area (Å²) in [5, 5.41) is 0.599. The summed E-state index contributed by atoms with van der Waals surface area (Å²) < 4.78 is 0. The molecule has 1 aliphatic heterocycles. The van der Waals surface area contributed by atoms with Crippen molar-refractivity contribution in [3.8, 4) is 0 Å². The van der Waals surface area contributed by atoms with Crippen LogP contribution in [0.5, 0.6) is 0 Å². The number of rotatable bonds is 10. The second kappa shape index (κ2) is 8.95. The molecule has 2 unspecified atom stereocenters. The van der Waals surface area contributed by atoms with Crippen molar-refractivity contribution in [1.29, 1.82) is 0 Å². The molecule has 0 N–H and O–H groups in total. The van der Waals surface area contributed by atoms with Gasteiger partial charge >= 0.3 is 0 Å². The number of thioether (sulfide) groups is 1. The summed E-state index contributed by atoms with van der Waals surface area (Å²) in [7, 11) is 0. The molecule has 1 aliphatic rings. The lowest BCUT2D eigenvalue weighted by molar-refractivity contribution is 0.0977. The summed E-state index contributed by atoms with van der Waals surface area (Å²) in [5.74, 6) is 1.28. The number of ketones is 1. The Labute approximate surface area is 143 Å². The van der Waals surface area contributed by atoms with E-state index in [0.717, 1.165) is 23.7 Å². The Hall–Kier alpha value is -0.510. The van der Waals surface area contributed by atoms with Crippen molar-refractivity contribution in [3.05, 3.63) is 28.8 Å². The van der Waals surface area contributed by atoms with E-state index in [1.165, 1.54) is 25.7 Å². The first-order chi connectivity index (χ1) is 10.6. The molecule has 0 amide bonds. The third-order valence-corrected chi connectivity index (χ3v) is 5.51. The Bertz CT molecular complexity index is 506. The van der Waals surface area contributed by atoms with Gasteiger partial charge in [0.05, 0.1) is 5.02 Å². The second-order valence-electron chi connectivity index (χ2n) is 6.07. The van der Waals surface area contributed by atoms with Crippen molar-refractivity contribution in [1.82, 2.24) is 4.90 Å². The van der Waals surface area contributed by atoms with Crippen LogP contribution in [-0.4, -0.2) is 35.6 Å². The van der Waals surface area contributed by atoms with Crippen LogP contribution in [0.15, 0.2) is 23.1 Å². The van der Waals surface area contributed by atoms with Crippen LogP contribution in [0.3, 0.4) is 0 Å². The minimum Gasteiger partial charge on any atom is -0.297 e. The lowest BCUT2D eigenvalue weighted by atomic mass is 10.1. The minimum atomic E-state index is 0.156. The van der Waals surface area contributed by atoms with E-state index in [-0.39, 0.29) is 5.78 Å². The van der Waals surface area contributed by atoms with E-state index in [2.05, 4.69) is 18.7 Å². The van der Waals surface area contributed by atoms with E-state index in [9.17, 15) is 4.79 Å². The van der Waals surface area contributed by atoms with Crippen LogP contribution in [0.4, 0.5) is 0 Å². The first-order valence-corrected chi connectivity index (χ1v) is 9.67. The van der Waals surface area contributed by atoms with E-state index < -0.39 is 0 Å². The van der Waals surface area contributed by atoms with Gasteiger partial charge in [0.1, 0.15) is 0 Å². The van der Waals surface area contributed by atoms with Gasteiger partial charge in [0.25, 0.3) is 0 Å². The molecule has 2 nitrogen and oxygen atoms in total. The molecule has 0 aromatic heterocycles. The molecular weight excluding hydrogens is 314 g/mol. The molecule has 1 fully saturated rings. The fourth-order valence-corrected chi connectivity index (χ4v) is 3.81. The van der Waals surface area contributed by atoms with E-state index in [1.54, 1.807) is 0 Å². The van der Waals surface area contributed by atoms with Gasteiger partial charge in [0.15, 0.2) is 5.78 Å². The molecule has 0 radical (unpaired) electrons. The van der Waals surface area contributed by atoms with Crippen molar-refractivity contribution in [3.63, 3.8) is 0 Å². The van der Waals surface area contributed by atoms with Gasteiger partial charge in [-0.25, -0.2) is 0 Å². The van der Waals surface area contributed by atoms with Crippen molar-refractivity contribution < 1.29 is 4.79 Å². The molecular formula is C18H26ClNOS. The molecule has 0 bridgehead atoms. The molecule has 0 saturated carbocycles. The largest absolute Gasteiger partial charge is 0.297 e. The molecule has 0 aliphatic carbocycles. The smallest absolute Gasteiger partial charge is 0.165 e. The summed E-state index contributed by atoms with van der Waals surface area (Å²) >= 11 is 8.13. The Balaban J connectivity index is 1.79. The van der Waals surface area contributed by atoms with Gasteiger partial charge in [0, 0.05) is 36.0 Å². The average Bonchev–Trinajstić information content (AvgIpc) is 3.20. The van der Waals surface area contributed by atoms with Crippen LogP contribution in [0, 0.1) is 0 Å². The highest BCUT2D eigenvalue weighted by Gasteiger charge is 2.28. The molecule has 1 saturated heterocycles. The van der Waals surface area contributed by atoms with E-state index in [1.807, 2.05) is 30.0 Å². The van der Waals surface area contributed by atoms with Gasteiger partial charge in [-0.1, -0.05) is 37.8 Å². The molecule has 2 rings (SSSR count). The van der Waals surface area contributed by atoms with Crippen LogP contribution < -0.4 is 0 Å². The highest BCUT2D eigenvalue weighted by Crippen LogP contribution is 2.27. The molecule has 4 heteroatoms. The van der Waals surface area contributed by atoms with E-state index >= 15 is 0 Å². The van der Waals surface area contributed by atoms with Crippen LogP contribution in [0.25, 0.3) is 0 Å². The monoisotopic (exact) mass is 339 g/mol. The van der Waals surface area contributed by atoms with Crippen LogP contribution in [-0.2, 0) is 0 Å². The maximum atomic E-state index is 12.2. The van der Waals surface area contributed by atoms with Gasteiger partial charge < -0.3 is 0 Å². The van der Waals surface area contributed by atoms with Gasteiger partial charge in [-0.15, -0.1) is 11.8 Å². The number of unbranched alkanes of at least 4 members (excludes halogenated alkanes) is 3. The summed E-state index contributed by atoms with van der Waals surface area (Å²) in [6.07, 6.45) is 5.68. The van der Waals surface area contributed by atoms with E-state index in [4.69, 9.17) is 11.6 Å². The zero-order valence-corrected chi connectivity index (χ0v) is 15.2. The van der Waals surface area contributed by atoms with Gasteiger partial charge in [-0.05, 0) is 37.3 Å². The van der Waals surface area contributed by atoms with Gasteiger partial charge in [-0.3, -0.25) is 9.69 Å². The normalized spacial score (nSPS) is 20.1. The van der Waals surface area contributed by atoms with Crippen LogP contribution in [0.1, 0.15) is 56.3 Å². The highest BCUT2D eigenvalue weighted by molar-refractivity contribution is 7.99. The van der Waals surface area contributed by atoms with Crippen LogP contribution >= 0.6 is 23.4 Å². The summed E-state index contributed by atoms with van der Waals surface area (Å²) in [4.78, 5) is 15.7. The lowest BCUT2D eigenvalue weighted by Gasteiger charge is -2.07. The number of hydrogen-bond acceptors (Lipinski definition) is 3. The molecule has 0 spiro atoms. The SMILES string of the molecule is CCCCCCSc1ccc(C(=O)CCN2CC2C)c(Cl)c1. The van der Waals surface area contributed by atoms with Crippen molar-refractivity contribution >= 4 is 29.1 Å². The van der Waals surface area contributed by atoms with E-state index in [0.29, 0.717) is 23.0 Å². The molecule has 1 aromatic carbocycles. The fraction of sp³-hybridized carbons (Fsp3) is 0.611. The van der Waals surface area contributed by atoms with Crippen molar-refractivity contribution in [2.45, 2.75) is 56.9 Å².